The van der Waals surface area contributed by atoms with Gasteiger partial charge in [-0.2, -0.15) is 5.10 Å². The zero-order valence-electron chi connectivity index (χ0n) is 12.7. The van der Waals surface area contributed by atoms with Crippen molar-refractivity contribution in [1.29, 1.82) is 0 Å². The summed E-state index contributed by atoms with van der Waals surface area (Å²) in [5, 5.41) is 7.34. The van der Waals surface area contributed by atoms with Gasteiger partial charge in [-0.05, 0) is 36.8 Å². The summed E-state index contributed by atoms with van der Waals surface area (Å²) in [6.07, 6.45) is 1.69. The lowest BCUT2D eigenvalue weighted by molar-refractivity contribution is 0.305. The van der Waals surface area contributed by atoms with E-state index < -0.39 is 0 Å². The van der Waals surface area contributed by atoms with Crippen molar-refractivity contribution >= 4 is 23.5 Å². The fourth-order valence-electron chi connectivity index (χ4n) is 1.90. The fraction of sp³-hybridized carbons (Fsp3) is 0.176. The molecule has 114 valence electrons. The molecule has 0 amide bonds. The van der Waals surface area contributed by atoms with E-state index in [0.717, 1.165) is 16.9 Å². The van der Waals surface area contributed by atoms with Crippen LogP contribution in [-0.4, -0.2) is 18.4 Å². The SMILES string of the molecule is CNC(=S)N/N=C/c1ccccc1OCc1cccc(C)c1. The highest BCUT2D eigenvalue weighted by atomic mass is 32.1. The van der Waals surface area contributed by atoms with Crippen LogP contribution in [0.4, 0.5) is 0 Å². The quantitative estimate of drug-likeness (QED) is 0.506. The number of aryl methyl sites for hydroxylation is 1. The Morgan fingerprint density at radius 1 is 1.23 bits per heavy atom. The second kappa shape index (κ2) is 8.14. The normalized spacial score (nSPS) is 10.5. The molecule has 0 bridgehead atoms. The Hall–Kier alpha value is -2.40. The van der Waals surface area contributed by atoms with Gasteiger partial charge in [0.05, 0.1) is 6.21 Å². The van der Waals surface area contributed by atoms with Crippen molar-refractivity contribution in [3.8, 4) is 5.75 Å². The molecule has 0 saturated heterocycles. The zero-order chi connectivity index (χ0) is 15.8. The van der Waals surface area contributed by atoms with E-state index in [1.165, 1.54) is 5.56 Å². The molecule has 0 unspecified atom stereocenters. The molecule has 5 heteroatoms. The fourth-order valence-corrected chi connectivity index (χ4v) is 1.95. The van der Waals surface area contributed by atoms with Gasteiger partial charge in [-0.1, -0.05) is 42.0 Å². The Morgan fingerprint density at radius 3 is 2.82 bits per heavy atom. The predicted molar refractivity (Wildman–Crippen MR) is 94.3 cm³/mol. The first-order valence-corrected chi connectivity index (χ1v) is 7.38. The van der Waals surface area contributed by atoms with Crippen LogP contribution in [-0.2, 0) is 6.61 Å². The minimum absolute atomic E-state index is 0.467. The maximum atomic E-state index is 5.89. The Bertz CT molecular complexity index is 670. The highest BCUT2D eigenvalue weighted by Gasteiger charge is 2.01. The van der Waals surface area contributed by atoms with Crippen molar-refractivity contribution in [3.05, 3.63) is 65.2 Å². The van der Waals surface area contributed by atoms with Gasteiger partial charge in [0.2, 0.25) is 0 Å². The lowest BCUT2D eigenvalue weighted by Crippen LogP contribution is -2.28. The zero-order valence-corrected chi connectivity index (χ0v) is 13.5. The molecule has 0 aliphatic carbocycles. The number of nitrogens with one attached hydrogen (secondary N) is 2. The Balaban J connectivity index is 2.03. The molecule has 0 heterocycles. The summed E-state index contributed by atoms with van der Waals surface area (Å²) in [4.78, 5) is 0. The monoisotopic (exact) mass is 313 g/mol. The average Bonchev–Trinajstić information content (AvgIpc) is 2.54. The second-order valence-corrected chi connectivity index (χ2v) is 5.17. The van der Waals surface area contributed by atoms with Crippen LogP contribution in [0.25, 0.3) is 0 Å². The van der Waals surface area contributed by atoms with E-state index in [-0.39, 0.29) is 0 Å². The van der Waals surface area contributed by atoms with Gasteiger partial charge < -0.3 is 10.1 Å². The number of hydrogen-bond acceptors (Lipinski definition) is 3. The average molecular weight is 313 g/mol. The van der Waals surface area contributed by atoms with Gasteiger partial charge in [-0.25, -0.2) is 0 Å². The first-order chi connectivity index (χ1) is 10.7. The molecule has 2 aromatic rings. The molecular formula is C17H19N3OS. The van der Waals surface area contributed by atoms with Crippen LogP contribution in [0.1, 0.15) is 16.7 Å². The standard InChI is InChI=1S/C17H19N3OS/c1-13-6-5-7-14(10-13)12-21-16-9-4-3-8-15(16)11-19-20-17(22)18-2/h3-11H,12H2,1-2H3,(H2,18,20,22)/b19-11+. The largest absolute Gasteiger partial charge is 0.488 e. The van der Waals surface area contributed by atoms with Crippen molar-refractivity contribution in [1.82, 2.24) is 10.7 Å². The van der Waals surface area contributed by atoms with E-state index in [2.05, 4.69) is 41.0 Å². The summed E-state index contributed by atoms with van der Waals surface area (Å²) in [7, 11) is 1.74. The molecule has 0 spiro atoms. The van der Waals surface area contributed by atoms with E-state index in [1.807, 2.05) is 30.3 Å². The molecule has 0 aliphatic rings. The third kappa shape index (κ3) is 4.86. The van der Waals surface area contributed by atoms with Gasteiger partial charge in [0.25, 0.3) is 0 Å². The molecule has 0 saturated carbocycles. The molecule has 2 N–H and O–H groups in total. The molecule has 22 heavy (non-hydrogen) atoms. The van der Waals surface area contributed by atoms with E-state index in [4.69, 9.17) is 17.0 Å². The maximum Gasteiger partial charge on any atom is 0.186 e. The molecule has 2 aromatic carbocycles. The van der Waals surface area contributed by atoms with E-state index >= 15 is 0 Å². The van der Waals surface area contributed by atoms with Crippen molar-refractivity contribution in [2.24, 2.45) is 5.10 Å². The molecule has 2 rings (SSSR count). The van der Waals surface area contributed by atoms with Gasteiger partial charge in [-0.15, -0.1) is 0 Å². The minimum atomic E-state index is 0.467. The molecule has 0 aliphatic heterocycles. The van der Waals surface area contributed by atoms with E-state index in [9.17, 15) is 0 Å². The first kappa shape index (κ1) is 16.0. The summed E-state index contributed by atoms with van der Waals surface area (Å²) < 4.78 is 5.89. The minimum Gasteiger partial charge on any atom is -0.488 e. The number of thiocarbonyl (C=S) groups is 1. The number of nitrogens with zero attached hydrogens (tertiary/aromatic N) is 1. The van der Waals surface area contributed by atoms with Crippen LogP contribution < -0.4 is 15.5 Å². The Labute approximate surface area is 136 Å². The van der Waals surface area contributed by atoms with Crippen LogP contribution in [0, 0.1) is 6.92 Å². The second-order valence-electron chi connectivity index (χ2n) is 4.76. The lowest BCUT2D eigenvalue weighted by atomic mass is 10.1. The van der Waals surface area contributed by atoms with Crippen molar-refractivity contribution < 1.29 is 4.74 Å². The van der Waals surface area contributed by atoms with Crippen LogP contribution in [0.2, 0.25) is 0 Å². The first-order valence-electron chi connectivity index (χ1n) is 6.97. The predicted octanol–water partition coefficient (Wildman–Crippen LogP) is 3.00. The van der Waals surface area contributed by atoms with Gasteiger partial charge >= 0.3 is 0 Å². The van der Waals surface area contributed by atoms with Gasteiger partial charge in [0.15, 0.2) is 5.11 Å². The van der Waals surface area contributed by atoms with Crippen molar-refractivity contribution in [3.63, 3.8) is 0 Å². The number of rotatable bonds is 5. The van der Waals surface area contributed by atoms with Crippen molar-refractivity contribution in [2.75, 3.05) is 7.05 Å². The number of para-hydroxylation sites is 1. The summed E-state index contributed by atoms with van der Waals surface area (Å²) in [5.74, 6) is 0.782. The van der Waals surface area contributed by atoms with E-state index in [1.54, 1.807) is 13.3 Å². The summed E-state index contributed by atoms with van der Waals surface area (Å²) >= 11 is 4.96. The molecule has 0 fully saturated rings. The lowest BCUT2D eigenvalue weighted by Gasteiger charge is -2.09. The molecule has 0 atom stereocenters. The van der Waals surface area contributed by atoms with Gasteiger partial charge in [-0.3, -0.25) is 5.43 Å². The summed E-state index contributed by atoms with van der Waals surface area (Å²) in [6.45, 7) is 2.59. The van der Waals surface area contributed by atoms with Crippen LogP contribution in [0.3, 0.4) is 0 Å². The van der Waals surface area contributed by atoms with Gasteiger partial charge in [0, 0.05) is 12.6 Å². The molecule has 0 radical (unpaired) electrons. The van der Waals surface area contributed by atoms with Crippen LogP contribution in [0.15, 0.2) is 53.6 Å². The smallest absolute Gasteiger partial charge is 0.186 e. The number of ether oxygens (including phenoxy) is 1. The van der Waals surface area contributed by atoms with E-state index in [0.29, 0.717) is 11.7 Å². The molecule has 0 aromatic heterocycles. The summed E-state index contributed by atoms with van der Waals surface area (Å²) in [6, 6.07) is 16.0. The highest BCUT2D eigenvalue weighted by molar-refractivity contribution is 7.80. The maximum absolute atomic E-state index is 5.89. The van der Waals surface area contributed by atoms with Crippen molar-refractivity contribution in [2.45, 2.75) is 13.5 Å². The third-order valence-electron chi connectivity index (χ3n) is 2.99. The number of hydrogen-bond donors (Lipinski definition) is 2. The van der Waals surface area contributed by atoms with Crippen LogP contribution in [0.5, 0.6) is 5.75 Å². The number of benzene rings is 2. The Kier molecular flexibility index (Phi) is 5.91. The van der Waals surface area contributed by atoms with Crippen LogP contribution >= 0.6 is 12.2 Å². The molecule has 4 nitrogen and oxygen atoms in total. The summed E-state index contributed by atoms with van der Waals surface area (Å²) in [5.41, 5.74) is 5.98. The molecular weight excluding hydrogens is 294 g/mol. The third-order valence-corrected chi connectivity index (χ3v) is 3.29. The topological polar surface area (TPSA) is 45.7 Å². The van der Waals surface area contributed by atoms with Gasteiger partial charge in [0.1, 0.15) is 12.4 Å². The Morgan fingerprint density at radius 2 is 2.05 bits per heavy atom. The number of hydrazone groups is 1. The highest BCUT2D eigenvalue weighted by Crippen LogP contribution is 2.17.